The summed E-state index contributed by atoms with van der Waals surface area (Å²) in [5.41, 5.74) is 16.4. The number of hydrogen-bond acceptors (Lipinski definition) is 1. The minimum absolute atomic E-state index is 0.427. The van der Waals surface area contributed by atoms with Crippen LogP contribution in [0.2, 0.25) is 0 Å². The van der Waals surface area contributed by atoms with Gasteiger partial charge in [-0.3, -0.25) is 0 Å². The van der Waals surface area contributed by atoms with Gasteiger partial charge in [0.25, 0.3) is 0 Å². The predicted octanol–water partition coefficient (Wildman–Crippen LogP) is 15.9. The summed E-state index contributed by atoms with van der Waals surface area (Å²) in [6, 6.07) is 78.2. The molecule has 274 valence electrons. The Morgan fingerprint density at radius 1 is 0.345 bits per heavy atom. The van der Waals surface area contributed by atoms with Crippen LogP contribution in [0.4, 0.5) is 17.1 Å². The molecule has 0 saturated heterocycles. The van der Waals surface area contributed by atoms with Crippen LogP contribution in [0, 0.1) is 0 Å². The molecule has 1 aliphatic rings. The Kier molecular flexibility index (Phi) is 8.26. The summed E-state index contributed by atoms with van der Waals surface area (Å²) >= 11 is 0. The molecule has 0 saturated carbocycles. The van der Waals surface area contributed by atoms with Gasteiger partial charge in [-0.15, -0.1) is 0 Å². The fraction of sp³-hybridized carbons (Fsp3) is 0.0526. The van der Waals surface area contributed by atoms with Crippen LogP contribution in [0.3, 0.4) is 0 Å². The van der Waals surface area contributed by atoms with E-state index in [0.29, 0.717) is 5.92 Å². The zero-order valence-corrected chi connectivity index (χ0v) is 32.4. The summed E-state index contributed by atoms with van der Waals surface area (Å²) in [6.45, 7) is 2.37. The van der Waals surface area contributed by atoms with Crippen molar-refractivity contribution in [2.75, 3.05) is 4.90 Å². The van der Waals surface area contributed by atoms with Crippen LogP contribution in [0.15, 0.2) is 212 Å². The van der Waals surface area contributed by atoms with Gasteiger partial charge in [-0.25, -0.2) is 0 Å². The predicted molar refractivity (Wildman–Crippen MR) is 248 cm³/mol. The quantitative estimate of drug-likeness (QED) is 0.154. The van der Waals surface area contributed by atoms with E-state index in [1.807, 2.05) is 0 Å². The first-order chi connectivity index (χ1) is 28.7. The Labute approximate surface area is 340 Å². The summed E-state index contributed by atoms with van der Waals surface area (Å²) < 4.78 is 0. The first kappa shape index (κ1) is 34.1. The van der Waals surface area contributed by atoms with Crippen molar-refractivity contribution in [2.45, 2.75) is 19.3 Å². The molecule has 1 atom stereocenters. The van der Waals surface area contributed by atoms with Crippen LogP contribution in [-0.4, -0.2) is 0 Å². The molecule has 10 aromatic carbocycles. The molecule has 1 aliphatic carbocycles. The molecule has 0 amide bonds. The summed E-state index contributed by atoms with van der Waals surface area (Å²) in [7, 11) is 0. The highest BCUT2D eigenvalue weighted by Crippen LogP contribution is 2.47. The number of fused-ring (bicyclic) bond motifs is 7. The SMILES string of the molecule is CC1Cc2c(cccc2N(c2ccc(-c3ccc(-c4cccc5ccccc45)cc3)cc2)c2ccc(-c3cccc4c3ccc3ccccc34)cc2)-c2ccccc21. The average molecular weight is 740 g/mol. The lowest BCUT2D eigenvalue weighted by Crippen LogP contribution is -2.16. The van der Waals surface area contributed by atoms with Crippen LogP contribution in [0.1, 0.15) is 24.0 Å². The van der Waals surface area contributed by atoms with E-state index in [2.05, 4.69) is 224 Å². The summed E-state index contributed by atoms with van der Waals surface area (Å²) in [5.74, 6) is 0.427. The van der Waals surface area contributed by atoms with Crippen molar-refractivity contribution in [2.24, 2.45) is 0 Å². The van der Waals surface area contributed by atoms with E-state index in [1.54, 1.807) is 0 Å². The first-order valence-electron chi connectivity index (χ1n) is 20.4. The lowest BCUT2D eigenvalue weighted by Gasteiger charge is -2.33. The molecular weight excluding hydrogens is 699 g/mol. The lowest BCUT2D eigenvalue weighted by atomic mass is 9.78. The summed E-state index contributed by atoms with van der Waals surface area (Å²) in [5, 5.41) is 7.66. The van der Waals surface area contributed by atoms with Gasteiger partial charge in [-0.2, -0.15) is 0 Å². The molecular formula is C57H41N. The van der Waals surface area contributed by atoms with E-state index in [4.69, 9.17) is 0 Å². The fourth-order valence-electron chi connectivity index (χ4n) is 9.47. The van der Waals surface area contributed by atoms with Crippen LogP contribution in [0.25, 0.3) is 76.8 Å². The number of benzene rings is 10. The topological polar surface area (TPSA) is 3.24 Å². The van der Waals surface area contributed by atoms with Crippen LogP contribution < -0.4 is 4.90 Å². The van der Waals surface area contributed by atoms with E-state index >= 15 is 0 Å². The zero-order chi connectivity index (χ0) is 38.6. The number of hydrogen-bond donors (Lipinski definition) is 0. The molecule has 0 spiro atoms. The fourth-order valence-corrected chi connectivity index (χ4v) is 9.47. The number of nitrogens with zero attached hydrogens (tertiary/aromatic N) is 1. The summed E-state index contributed by atoms with van der Waals surface area (Å²) in [6.07, 6.45) is 0.988. The molecule has 11 rings (SSSR count). The van der Waals surface area contributed by atoms with Gasteiger partial charge in [0.2, 0.25) is 0 Å². The van der Waals surface area contributed by atoms with Crippen LogP contribution >= 0.6 is 0 Å². The molecule has 0 aliphatic heterocycles. The summed E-state index contributed by atoms with van der Waals surface area (Å²) in [4.78, 5) is 2.47. The maximum atomic E-state index is 2.47. The van der Waals surface area contributed by atoms with Crippen LogP contribution in [-0.2, 0) is 6.42 Å². The molecule has 1 nitrogen and oxygen atoms in total. The van der Waals surface area contributed by atoms with Gasteiger partial charge in [-0.05, 0) is 131 Å². The lowest BCUT2D eigenvalue weighted by molar-refractivity contribution is 0.749. The van der Waals surface area contributed by atoms with E-state index in [9.17, 15) is 0 Å². The third-order valence-corrected chi connectivity index (χ3v) is 12.4. The van der Waals surface area contributed by atoms with E-state index in [1.165, 1.54) is 93.6 Å². The molecule has 1 unspecified atom stereocenters. The molecule has 58 heavy (non-hydrogen) atoms. The van der Waals surface area contributed by atoms with Gasteiger partial charge in [0, 0.05) is 17.1 Å². The smallest absolute Gasteiger partial charge is 0.0500 e. The third kappa shape index (κ3) is 5.78. The normalized spacial score (nSPS) is 13.4. The number of anilines is 3. The molecule has 0 radical (unpaired) electrons. The highest BCUT2D eigenvalue weighted by atomic mass is 15.1. The van der Waals surface area contributed by atoms with Crippen molar-refractivity contribution in [3.63, 3.8) is 0 Å². The van der Waals surface area contributed by atoms with Crippen molar-refractivity contribution in [1.29, 1.82) is 0 Å². The molecule has 0 aromatic heterocycles. The highest BCUT2D eigenvalue weighted by molar-refractivity contribution is 6.12. The molecule has 0 heterocycles. The van der Waals surface area contributed by atoms with Gasteiger partial charge in [0.15, 0.2) is 0 Å². The second-order valence-corrected chi connectivity index (χ2v) is 15.7. The second-order valence-electron chi connectivity index (χ2n) is 15.7. The Morgan fingerprint density at radius 2 is 0.828 bits per heavy atom. The molecule has 10 aromatic rings. The minimum atomic E-state index is 0.427. The van der Waals surface area contributed by atoms with Crippen molar-refractivity contribution < 1.29 is 0 Å². The van der Waals surface area contributed by atoms with Crippen molar-refractivity contribution >= 4 is 49.4 Å². The van der Waals surface area contributed by atoms with Crippen LogP contribution in [0.5, 0.6) is 0 Å². The van der Waals surface area contributed by atoms with E-state index in [0.717, 1.165) is 17.8 Å². The van der Waals surface area contributed by atoms with Crippen molar-refractivity contribution in [3.05, 3.63) is 223 Å². The molecule has 0 fully saturated rings. The molecule has 0 N–H and O–H groups in total. The van der Waals surface area contributed by atoms with Gasteiger partial charge in [0.05, 0.1) is 0 Å². The monoisotopic (exact) mass is 739 g/mol. The Morgan fingerprint density at radius 3 is 1.57 bits per heavy atom. The largest absolute Gasteiger partial charge is 0.310 e. The minimum Gasteiger partial charge on any atom is -0.310 e. The Bertz CT molecular complexity index is 3130. The maximum absolute atomic E-state index is 2.47. The third-order valence-electron chi connectivity index (χ3n) is 12.4. The van der Waals surface area contributed by atoms with Gasteiger partial charge < -0.3 is 4.90 Å². The van der Waals surface area contributed by atoms with E-state index < -0.39 is 0 Å². The average Bonchev–Trinajstić information content (AvgIpc) is 3.29. The standard InChI is InChI=1S/C57H41N/c1-38-37-56-54(52-17-7-6-14-47(38)52)21-10-22-57(56)58(46-34-29-44(30-35-46)51-19-9-20-53-50-16-5-3-12-42(50)31-36-55(51)53)45-32-27-40(28-33-45)39-23-25-43(26-24-39)49-18-8-13-41-11-2-4-15-48(41)49/h2-36,38H,37H2,1H3. The first-order valence-corrected chi connectivity index (χ1v) is 20.4. The van der Waals surface area contributed by atoms with Crippen molar-refractivity contribution in [3.8, 4) is 44.5 Å². The molecule has 1 heteroatoms. The Hall–Kier alpha value is -7.22. The number of rotatable bonds is 6. The van der Waals surface area contributed by atoms with Gasteiger partial charge in [0.1, 0.15) is 0 Å². The molecule has 0 bridgehead atoms. The maximum Gasteiger partial charge on any atom is 0.0500 e. The Balaban J connectivity index is 0.993. The zero-order valence-electron chi connectivity index (χ0n) is 32.4. The van der Waals surface area contributed by atoms with E-state index in [-0.39, 0.29) is 0 Å². The second kappa shape index (κ2) is 14.1. The van der Waals surface area contributed by atoms with Crippen molar-refractivity contribution in [1.82, 2.24) is 0 Å². The van der Waals surface area contributed by atoms with Gasteiger partial charge in [-0.1, -0.05) is 189 Å². The van der Waals surface area contributed by atoms with Gasteiger partial charge >= 0.3 is 0 Å². The highest BCUT2D eigenvalue weighted by Gasteiger charge is 2.26.